The highest BCUT2D eigenvalue weighted by Gasteiger charge is 2.31. The molecule has 1 rings (SSSR count). The van der Waals surface area contributed by atoms with Crippen molar-refractivity contribution in [3.63, 3.8) is 0 Å². The van der Waals surface area contributed by atoms with Gasteiger partial charge in [0.2, 0.25) is 0 Å². The molecule has 1 unspecified atom stereocenters. The molecule has 1 atom stereocenters. The number of carbonyl (C=O) groups excluding carboxylic acids is 1. The van der Waals surface area contributed by atoms with E-state index in [-0.39, 0.29) is 6.61 Å². The first-order chi connectivity index (χ1) is 7.94. The van der Waals surface area contributed by atoms with E-state index >= 15 is 0 Å². The van der Waals surface area contributed by atoms with E-state index in [2.05, 4.69) is 10.3 Å². The van der Waals surface area contributed by atoms with Crippen molar-refractivity contribution in [1.29, 1.82) is 0 Å². The van der Waals surface area contributed by atoms with Crippen molar-refractivity contribution in [1.82, 2.24) is 10.3 Å². The van der Waals surface area contributed by atoms with Gasteiger partial charge in [0.15, 0.2) is 0 Å². The Bertz CT molecular complexity index is 354. The van der Waals surface area contributed by atoms with Gasteiger partial charge in [0.05, 0.1) is 23.5 Å². The van der Waals surface area contributed by atoms with Gasteiger partial charge in [-0.2, -0.15) is 13.2 Å². The first-order valence-corrected chi connectivity index (χ1v) is 5.67. The van der Waals surface area contributed by atoms with E-state index in [1.165, 1.54) is 11.7 Å². The molecule has 8 heteroatoms. The van der Waals surface area contributed by atoms with Crippen LogP contribution in [0.1, 0.15) is 17.8 Å². The summed E-state index contributed by atoms with van der Waals surface area (Å²) in [5, 5.41) is 2.12. The fraction of sp³-hybridized carbons (Fsp3) is 0.556. The smallest absolute Gasteiger partial charge is 0.401 e. The Morgan fingerprint density at radius 1 is 1.65 bits per heavy atom. The first kappa shape index (κ1) is 13.9. The third-order valence-corrected chi connectivity index (χ3v) is 2.61. The number of hydrogen-bond acceptors (Lipinski definition) is 5. The van der Waals surface area contributed by atoms with Crippen LogP contribution in [0.4, 0.5) is 13.2 Å². The molecule has 0 aliphatic rings. The highest BCUT2D eigenvalue weighted by molar-refractivity contribution is 7.09. The van der Waals surface area contributed by atoms with Gasteiger partial charge >= 0.3 is 12.1 Å². The number of esters is 1. The van der Waals surface area contributed by atoms with E-state index in [0.717, 1.165) is 11.3 Å². The summed E-state index contributed by atoms with van der Waals surface area (Å²) < 4.78 is 40.9. The number of nitrogens with one attached hydrogen (secondary N) is 1. The molecule has 17 heavy (non-hydrogen) atoms. The largest absolute Gasteiger partial charge is 0.465 e. The van der Waals surface area contributed by atoms with Crippen LogP contribution >= 0.6 is 11.3 Å². The van der Waals surface area contributed by atoms with Crippen molar-refractivity contribution in [2.45, 2.75) is 19.1 Å². The van der Waals surface area contributed by atoms with Crippen molar-refractivity contribution < 1.29 is 22.7 Å². The van der Waals surface area contributed by atoms with Gasteiger partial charge in [-0.25, -0.2) is 4.79 Å². The highest BCUT2D eigenvalue weighted by atomic mass is 32.1. The molecule has 0 fully saturated rings. The van der Waals surface area contributed by atoms with Crippen LogP contribution in [0.5, 0.6) is 0 Å². The summed E-state index contributed by atoms with van der Waals surface area (Å²) >= 11 is 1.09. The lowest BCUT2D eigenvalue weighted by molar-refractivity contribution is -0.148. The molecule has 0 spiro atoms. The number of aromatic nitrogens is 1. The normalized spacial score (nSPS) is 13.4. The minimum atomic E-state index is -4.38. The van der Waals surface area contributed by atoms with Crippen LogP contribution < -0.4 is 5.32 Å². The fourth-order valence-corrected chi connectivity index (χ4v) is 1.79. The van der Waals surface area contributed by atoms with E-state index in [1.807, 2.05) is 0 Å². The van der Waals surface area contributed by atoms with Crippen LogP contribution in [0.25, 0.3) is 0 Å². The predicted octanol–water partition coefficient (Wildman–Crippen LogP) is 1.90. The Morgan fingerprint density at radius 2 is 2.35 bits per heavy atom. The van der Waals surface area contributed by atoms with E-state index in [4.69, 9.17) is 4.74 Å². The summed E-state index contributed by atoms with van der Waals surface area (Å²) in [6, 6.07) is -1.12. The van der Waals surface area contributed by atoms with Crippen LogP contribution in [0.15, 0.2) is 11.7 Å². The van der Waals surface area contributed by atoms with Crippen molar-refractivity contribution in [3.05, 3.63) is 16.6 Å². The molecular formula is C9H11F3N2O2S. The first-order valence-electron chi connectivity index (χ1n) is 4.79. The Morgan fingerprint density at radius 3 is 2.82 bits per heavy atom. The van der Waals surface area contributed by atoms with Gasteiger partial charge < -0.3 is 4.74 Å². The number of thiazole rings is 1. The van der Waals surface area contributed by atoms with E-state index in [1.54, 1.807) is 6.92 Å². The molecule has 1 N–H and O–H groups in total. The molecule has 0 aliphatic heterocycles. The third kappa shape index (κ3) is 4.70. The third-order valence-electron chi connectivity index (χ3n) is 1.76. The number of hydrogen-bond donors (Lipinski definition) is 1. The molecule has 0 saturated heterocycles. The van der Waals surface area contributed by atoms with Crippen LogP contribution in [-0.4, -0.2) is 30.3 Å². The van der Waals surface area contributed by atoms with Gasteiger partial charge in [-0.1, -0.05) is 0 Å². The zero-order valence-corrected chi connectivity index (χ0v) is 9.77. The van der Waals surface area contributed by atoms with Gasteiger partial charge in [-0.15, -0.1) is 11.3 Å². The number of ether oxygens (including phenoxy) is 1. The summed E-state index contributed by atoms with van der Waals surface area (Å²) in [7, 11) is 0. The lowest BCUT2D eigenvalue weighted by Gasteiger charge is -2.16. The SMILES string of the molecule is CCOC(=O)C(NCC(F)(F)F)c1cncs1. The van der Waals surface area contributed by atoms with Crippen molar-refractivity contribution in [3.8, 4) is 0 Å². The monoisotopic (exact) mass is 268 g/mol. The second-order valence-electron chi connectivity index (χ2n) is 3.08. The summed E-state index contributed by atoms with van der Waals surface area (Å²) in [6.45, 7) is 0.446. The molecule has 96 valence electrons. The van der Waals surface area contributed by atoms with Gasteiger partial charge in [-0.3, -0.25) is 10.3 Å². The van der Waals surface area contributed by atoms with Crippen LogP contribution in [0.2, 0.25) is 0 Å². The Balaban J connectivity index is 2.70. The summed E-state index contributed by atoms with van der Waals surface area (Å²) in [4.78, 5) is 15.6. The Kier molecular flexibility index (Phi) is 4.88. The Hall–Kier alpha value is -1.15. The molecular weight excluding hydrogens is 257 g/mol. The van der Waals surface area contributed by atoms with Gasteiger partial charge in [0, 0.05) is 6.20 Å². The molecule has 0 aromatic carbocycles. The molecule has 4 nitrogen and oxygen atoms in total. The summed E-state index contributed by atoms with van der Waals surface area (Å²) in [5.41, 5.74) is 1.44. The average Bonchev–Trinajstić information content (AvgIpc) is 2.70. The van der Waals surface area contributed by atoms with Crippen molar-refractivity contribution in [2.75, 3.05) is 13.2 Å². The number of rotatable bonds is 5. The van der Waals surface area contributed by atoms with E-state index < -0.39 is 24.7 Å². The zero-order valence-electron chi connectivity index (χ0n) is 8.95. The fourth-order valence-electron chi connectivity index (χ4n) is 1.11. The van der Waals surface area contributed by atoms with E-state index in [9.17, 15) is 18.0 Å². The lowest BCUT2D eigenvalue weighted by Crippen LogP contribution is -2.36. The molecule has 0 aliphatic carbocycles. The minimum absolute atomic E-state index is 0.113. The van der Waals surface area contributed by atoms with Crippen molar-refractivity contribution in [2.24, 2.45) is 0 Å². The molecule has 1 aromatic heterocycles. The molecule has 0 bridgehead atoms. The number of alkyl halides is 3. The minimum Gasteiger partial charge on any atom is -0.465 e. The summed E-state index contributed by atoms with van der Waals surface area (Å²) in [6.07, 6.45) is -3.04. The maximum absolute atomic E-state index is 12.1. The van der Waals surface area contributed by atoms with Gasteiger partial charge in [-0.05, 0) is 6.92 Å². The average molecular weight is 268 g/mol. The summed E-state index contributed by atoms with van der Waals surface area (Å²) in [5.74, 6) is -0.735. The van der Waals surface area contributed by atoms with Crippen molar-refractivity contribution >= 4 is 17.3 Å². The maximum atomic E-state index is 12.1. The van der Waals surface area contributed by atoms with Gasteiger partial charge in [0.1, 0.15) is 6.04 Å². The highest BCUT2D eigenvalue weighted by Crippen LogP contribution is 2.21. The standard InChI is InChI=1S/C9H11F3N2O2S/c1-2-16-8(15)7(6-3-13-5-17-6)14-4-9(10,11)12/h3,5,7,14H,2,4H2,1H3. The maximum Gasteiger partial charge on any atom is 0.401 e. The van der Waals surface area contributed by atoms with Crippen LogP contribution in [-0.2, 0) is 9.53 Å². The lowest BCUT2D eigenvalue weighted by atomic mass is 10.2. The number of halogens is 3. The molecule has 1 aromatic rings. The quantitative estimate of drug-likeness (QED) is 0.829. The van der Waals surface area contributed by atoms with Crippen LogP contribution in [0, 0.1) is 0 Å². The van der Waals surface area contributed by atoms with E-state index in [0.29, 0.717) is 4.88 Å². The van der Waals surface area contributed by atoms with Gasteiger partial charge in [0.25, 0.3) is 0 Å². The second-order valence-corrected chi connectivity index (χ2v) is 4.00. The second kappa shape index (κ2) is 5.97. The molecule has 1 heterocycles. The Labute approximate surface area is 99.8 Å². The molecule has 0 radical (unpaired) electrons. The topological polar surface area (TPSA) is 51.2 Å². The number of carbonyl (C=O) groups is 1. The number of nitrogens with zero attached hydrogens (tertiary/aromatic N) is 1. The zero-order chi connectivity index (χ0) is 12.9. The predicted molar refractivity (Wildman–Crippen MR) is 55.5 cm³/mol. The van der Waals surface area contributed by atoms with Crippen LogP contribution in [0.3, 0.4) is 0 Å². The molecule has 0 saturated carbocycles. The molecule has 0 amide bonds.